The molecule has 4 rings (SSSR count). The third kappa shape index (κ3) is 3.71. The minimum absolute atomic E-state index is 0.173. The van der Waals surface area contributed by atoms with Crippen LogP contribution in [0.3, 0.4) is 0 Å². The monoisotopic (exact) mass is 343 g/mol. The van der Waals surface area contributed by atoms with Crippen LogP contribution in [0.15, 0.2) is 30.7 Å². The van der Waals surface area contributed by atoms with Crippen molar-refractivity contribution < 1.29 is 9.13 Å². The van der Waals surface area contributed by atoms with Crippen LogP contribution in [0.5, 0.6) is 0 Å². The van der Waals surface area contributed by atoms with E-state index < -0.39 is 0 Å². The van der Waals surface area contributed by atoms with Gasteiger partial charge in [-0.1, -0.05) is 0 Å². The summed E-state index contributed by atoms with van der Waals surface area (Å²) in [6, 6.07) is 3.85. The molecular weight excluding hydrogens is 321 g/mol. The first-order chi connectivity index (χ1) is 12.3. The van der Waals surface area contributed by atoms with Crippen molar-refractivity contribution in [1.29, 1.82) is 0 Å². The van der Waals surface area contributed by atoms with Crippen LogP contribution >= 0.6 is 0 Å². The molecule has 6 nitrogen and oxygen atoms in total. The van der Waals surface area contributed by atoms with E-state index in [0.29, 0.717) is 11.6 Å². The summed E-state index contributed by atoms with van der Waals surface area (Å²) in [6.45, 7) is 3.23. The highest BCUT2D eigenvalue weighted by Crippen LogP contribution is 2.27. The van der Waals surface area contributed by atoms with Crippen LogP contribution in [0.2, 0.25) is 0 Å². The Labute approximate surface area is 146 Å². The molecule has 2 fully saturated rings. The summed E-state index contributed by atoms with van der Waals surface area (Å²) in [7, 11) is 0. The Morgan fingerprint density at radius 1 is 1.16 bits per heavy atom. The lowest BCUT2D eigenvalue weighted by atomic mass is 9.96. The fourth-order valence-corrected chi connectivity index (χ4v) is 3.51. The summed E-state index contributed by atoms with van der Waals surface area (Å²) in [5, 5.41) is 3.26. The molecule has 0 saturated carbocycles. The van der Waals surface area contributed by atoms with E-state index in [1.807, 2.05) is 12.3 Å². The third-order valence-corrected chi connectivity index (χ3v) is 4.91. The Bertz CT molecular complexity index is 722. The summed E-state index contributed by atoms with van der Waals surface area (Å²) in [4.78, 5) is 15.2. The van der Waals surface area contributed by atoms with Crippen LogP contribution in [-0.4, -0.2) is 47.3 Å². The zero-order chi connectivity index (χ0) is 17.1. The molecule has 1 unspecified atom stereocenters. The lowest BCUT2D eigenvalue weighted by Crippen LogP contribution is -2.28. The molecule has 132 valence electrons. The maximum absolute atomic E-state index is 13.7. The fourth-order valence-electron chi connectivity index (χ4n) is 3.51. The number of halogens is 1. The first-order valence-corrected chi connectivity index (χ1v) is 8.81. The fraction of sp³-hybridized carbons (Fsp3) is 0.500. The Morgan fingerprint density at radius 3 is 2.88 bits per heavy atom. The molecule has 25 heavy (non-hydrogen) atoms. The summed E-state index contributed by atoms with van der Waals surface area (Å²) < 4.78 is 19.2. The van der Waals surface area contributed by atoms with Crippen molar-refractivity contribution in [3.05, 3.63) is 42.2 Å². The number of nitrogens with zero attached hydrogens (tertiary/aromatic N) is 4. The molecule has 4 heterocycles. The molecule has 2 aliphatic heterocycles. The van der Waals surface area contributed by atoms with Crippen molar-refractivity contribution in [2.45, 2.75) is 31.2 Å². The number of nitrogens with one attached hydrogen (secondary N) is 1. The molecule has 0 spiro atoms. The second-order valence-electron chi connectivity index (χ2n) is 6.60. The molecule has 0 aromatic carbocycles. The number of pyridine rings is 1. The predicted molar refractivity (Wildman–Crippen MR) is 93.3 cm³/mol. The third-order valence-electron chi connectivity index (χ3n) is 4.91. The highest BCUT2D eigenvalue weighted by Gasteiger charge is 2.26. The summed E-state index contributed by atoms with van der Waals surface area (Å²) >= 11 is 0. The van der Waals surface area contributed by atoms with Gasteiger partial charge in [-0.15, -0.1) is 0 Å². The lowest BCUT2D eigenvalue weighted by molar-refractivity contribution is 0.0845. The number of hydrogen-bond acceptors (Lipinski definition) is 6. The largest absolute Gasteiger partial charge is 0.381 e. The zero-order valence-corrected chi connectivity index (χ0v) is 14.1. The topological polar surface area (TPSA) is 63.2 Å². The van der Waals surface area contributed by atoms with Crippen LogP contribution in [0, 0.1) is 5.82 Å². The highest BCUT2D eigenvalue weighted by atomic mass is 19.1. The van der Waals surface area contributed by atoms with Gasteiger partial charge >= 0.3 is 0 Å². The Hall–Kier alpha value is -2.28. The maximum atomic E-state index is 13.7. The number of hydrogen-bond donors (Lipinski definition) is 1. The summed E-state index contributed by atoms with van der Waals surface area (Å²) in [5.74, 6) is 0.903. The van der Waals surface area contributed by atoms with E-state index in [2.05, 4.69) is 20.2 Å². The number of ether oxygens (including phenoxy) is 1. The molecule has 1 atom stereocenters. The van der Waals surface area contributed by atoms with Crippen molar-refractivity contribution in [3.8, 4) is 0 Å². The quantitative estimate of drug-likeness (QED) is 0.921. The number of aromatic nitrogens is 3. The molecular formula is C18H22FN5O. The van der Waals surface area contributed by atoms with E-state index in [1.165, 1.54) is 6.20 Å². The molecule has 0 bridgehead atoms. The molecule has 0 amide bonds. The van der Waals surface area contributed by atoms with Crippen LogP contribution in [0.25, 0.3) is 0 Å². The van der Waals surface area contributed by atoms with E-state index in [9.17, 15) is 4.39 Å². The van der Waals surface area contributed by atoms with Crippen LogP contribution in [0.1, 0.15) is 30.9 Å². The van der Waals surface area contributed by atoms with Gasteiger partial charge in [0.15, 0.2) is 5.82 Å². The van der Waals surface area contributed by atoms with Gasteiger partial charge in [-0.3, -0.25) is 4.98 Å². The predicted octanol–water partition coefficient (Wildman–Crippen LogP) is 2.60. The minimum atomic E-state index is -0.321. The molecule has 0 aliphatic carbocycles. The van der Waals surface area contributed by atoms with Gasteiger partial charge in [-0.05, 0) is 31.4 Å². The van der Waals surface area contributed by atoms with E-state index in [0.717, 1.165) is 57.2 Å². The second kappa shape index (κ2) is 7.31. The van der Waals surface area contributed by atoms with Crippen LogP contribution in [-0.2, 0) is 4.74 Å². The van der Waals surface area contributed by atoms with Gasteiger partial charge < -0.3 is 15.0 Å². The standard InChI is InChI=1S/C18H22FN5O/c19-15-11-20-6-1-17(15)22-14-3-8-24(12-14)18-21-7-2-16(23-18)13-4-9-25-10-5-13/h1-2,6-7,11,13-14H,3-5,8-10,12H2,(H,20,22). The van der Waals surface area contributed by atoms with Crippen LogP contribution < -0.4 is 10.2 Å². The van der Waals surface area contributed by atoms with Gasteiger partial charge in [0.05, 0.1) is 11.9 Å². The van der Waals surface area contributed by atoms with Crippen molar-refractivity contribution in [2.24, 2.45) is 0 Å². The van der Waals surface area contributed by atoms with E-state index >= 15 is 0 Å². The lowest BCUT2D eigenvalue weighted by Gasteiger charge is -2.23. The van der Waals surface area contributed by atoms with Crippen molar-refractivity contribution in [3.63, 3.8) is 0 Å². The van der Waals surface area contributed by atoms with Crippen molar-refractivity contribution in [2.75, 3.05) is 36.5 Å². The molecule has 2 aromatic rings. The highest BCUT2D eigenvalue weighted by molar-refractivity contribution is 5.45. The van der Waals surface area contributed by atoms with Gasteiger partial charge in [-0.2, -0.15) is 0 Å². The van der Waals surface area contributed by atoms with E-state index in [-0.39, 0.29) is 11.9 Å². The molecule has 0 radical (unpaired) electrons. The van der Waals surface area contributed by atoms with Gasteiger partial charge in [0.2, 0.25) is 5.95 Å². The van der Waals surface area contributed by atoms with E-state index in [1.54, 1.807) is 12.3 Å². The SMILES string of the molecule is Fc1cnccc1NC1CCN(c2nccc(C3CCOCC3)n2)C1. The molecule has 2 saturated heterocycles. The minimum Gasteiger partial charge on any atom is -0.381 e. The Kier molecular flexibility index (Phi) is 4.74. The average molecular weight is 343 g/mol. The second-order valence-corrected chi connectivity index (χ2v) is 6.60. The summed E-state index contributed by atoms with van der Waals surface area (Å²) in [6.07, 6.45) is 7.63. The van der Waals surface area contributed by atoms with Gasteiger partial charge in [-0.25, -0.2) is 14.4 Å². The van der Waals surface area contributed by atoms with Crippen LogP contribution in [0.4, 0.5) is 16.0 Å². The Balaban J connectivity index is 1.42. The zero-order valence-electron chi connectivity index (χ0n) is 14.1. The molecule has 1 N–H and O–H groups in total. The van der Waals surface area contributed by atoms with E-state index in [4.69, 9.17) is 9.72 Å². The number of rotatable bonds is 4. The first-order valence-electron chi connectivity index (χ1n) is 8.81. The summed E-state index contributed by atoms with van der Waals surface area (Å²) in [5.41, 5.74) is 1.60. The van der Waals surface area contributed by atoms with Gasteiger partial charge in [0.25, 0.3) is 0 Å². The van der Waals surface area contributed by atoms with Crippen molar-refractivity contribution >= 4 is 11.6 Å². The molecule has 2 aliphatic rings. The maximum Gasteiger partial charge on any atom is 0.225 e. The normalized spacial score (nSPS) is 21.5. The molecule has 2 aromatic heterocycles. The molecule has 7 heteroatoms. The smallest absolute Gasteiger partial charge is 0.225 e. The number of anilines is 2. The van der Waals surface area contributed by atoms with Gasteiger partial charge in [0.1, 0.15) is 0 Å². The average Bonchev–Trinajstić information content (AvgIpc) is 3.13. The first kappa shape index (κ1) is 16.2. The Morgan fingerprint density at radius 2 is 2.04 bits per heavy atom. The van der Waals surface area contributed by atoms with Gasteiger partial charge in [0, 0.05) is 56.4 Å². The van der Waals surface area contributed by atoms with Crippen molar-refractivity contribution in [1.82, 2.24) is 15.0 Å².